The summed E-state index contributed by atoms with van der Waals surface area (Å²) in [5.41, 5.74) is 0.975. The molecule has 1 unspecified atom stereocenters. The van der Waals surface area contributed by atoms with Crippen LogP contribution in [0.25, 0.3) is 0 Å². The van der Waals surface area contributed by atoms with Crippen molar-refractivity contribution in [2.75, 3.05) is 19.9 Å². The second kappa shape index (κ2) is 6.87. The number of hydrogen-bond donors (Lipinski definition) is 0. The van der Waals surface area contributed by atoms with Crippen LogP contribution in [0.4, 0.5) is 9.18 Å². The summed E-state index contributed by atoms with van der Waals surface area (Å²) < 4.78 is 35.4. The van der Waals surface area contributed by atoms with E-state index >= 15 is 0 Å². The number of halogens is 1. The van der Waals surface area contributed by atoms with Crippen molar-refractivity contribution in [3.8, 4) is 17.2 Å². The Kier molecular flexibility index (Phi) is 4.20. The van der Waals surface area contributed by atoms with Gasteiger partial charge in [0.15, 0.2) is 17.7 Å². The molecule has 3 aliphatic rings. The molecule has 0 amide bonds. The third kappa shape index (κ3) is 3.09. The Labute approximate surface area is 160 Å². The second-order valence-electron chi connectivity index (χ2n) is 6.93. The molecule has 0 radical (unpaired) electrons. The average molecular weight is 387 g/mol. The van der Waals surface area contributed by atoms with Gasteiger partial charge in [-0.05, 0) is 42.2 Å². The van der Waals surface area contributed by atoms with E-state index in [1.807, 2.05) is 0 Å². The highest BCUT2D eigenvalue weighted by Gasteiger charge is 2.48. The Balaban J connectivity index is 1.38. The Morgan fingerprint density at radius 3 is 2.79 bits per heavy atom. The molecule has 28 heavy (non-hydrogen) atoms. The highest BCUT2D eigenvalue weighted by Crippen LogP contribution is 2.41. The van der Waals surface area contributed by atoms with Crippen LogP contribution in [0.3, 0.4) is 0 Å². The van der Waals surface area contributed by atoms with Gasteiger partial charge in [0.05, 0.1) is 12.5 Å². The van der Waals surface area contributed by atoms with Gasteiger partial charge in [0.1, 0.15) is 11.6 Å². The van der Waals surface area contributed by atoms with Crippen LogP contribution in [0.5, 0.6) is 17.2 Å². The van der Waals surface area contributed by atoms with E-state index in [1.54, 1.807) is 35.4 Å². The number of hydrogen-bond acceptors (Lipinski definition) is 7. The first-order valence-corrected chi connectivity index (χ1v) is 9.10. The molecule has 0 spiro atoms. The van der Waals surface area contributed by atoms with Crippen molar-refractivity contribution in [3.05, 3.63) is 53.8 Å². The molecule has 2 fully saturated rings. The summed E-state index contributed by atoms with van der Waals surface area (Å²) in [5, 5.41) is 1.55. The third-order valence-corrected chi connectivity index (χ3v) is 5.32. The molecule has 2 saturated heterocycles. The fourth-order valence-electron chi connectivity index (χ4n) is 3.96. The van der Waals surface area contributed by atoms with E-state index in [0.717, 1.165) is 12.0 Å². The minimum atomic E-state index is -0.710. The number of benzene rings is 2. The fourth-order valence-corrected chi connectivity index (χ4v) is 3.96. The van der Waals surface area contributed by atoms with Gasteiger partial charge >= 0.3 is 6.16 Å². The molecule has 7 nitrogen and oxygen atoms in total. The van der Waals surface area contributed by atoms with Crippen LogP contribution in [0, 0.1) is 11.7 Å². The summed E-state index contributed by atoms with van der Waals surface area (Å²) >= 11 is 0. The normalized spacial score (nSPS) is 25.8. The van der Waals surface area contributed by atoms with Gasteiger partial charge in [-0.25, -0.2) is 9.18 Å². The minimum absolute atomic E-state index is 0.0327. The van der Waals surface area contributed by atoms with Crippen LogP contribution in [0.2, 0.25) is 0 Å². The van der Waals surface area contributed by atoms with Crippen LogP contribution < -0.4 is 14.2 Å². The monoisotopic (exact) mass is 387 g/mol. The highest BCUT2D eigenvalue weighted by atomic mass is 19.1. The predicted octanol–water partition coefficient (Wildman–Crippen LogP) is 3.45. The van der Waals surface area contributed by atoms with Crippen molar-refractivity contribution in [1.82, 2.24) is 5.06 Å². The van der Waals surface area contributed by atoms with E-state index in [9.17, 15) is 9.18 Å². The lowest BCUT2D eigenvalue weighted by molar-refractivity contribution is -0.155. The van der Waals surface area contributed by atoms with Crippen molar-refractivity contribution < 1.29 is 33.0 Å². The average Bonchev–Trinajstić information content (AvgIpc) is 3.31. The van der Waals surface area contributed by atoms with Gasteiger partial charge in [-0.3, -0.25) is 0 Å². The maximum Gasteiger partial charge on any atom is 0.529 e. The molecule has 3 aliphatic heterocycles. The number of carbonyl (C=O) groups excluding carboxylic acids is 1. The molecule has 146 valence electrons. The van der Waals surface area contributed by atoms with E-state index in [-0.39, 0.29) is 24.4 Å². The van der Waals surface area contributed by atoms with E-state index in [1.165, 1.54) is 12.1 Å². The molecule has 0 N–H and O–H groups in total. The molecule has 5 rings (SSSR count). The van der Waals surface area contributed by atoms with E-state index < -0.39 is 12.4 Å². The highest BCUT2D eigenvalue weighted by molar-refractivity contribution is 5.61. The molecule has 0 aromatic heterocycles. The van der Waals surface area contributed by atoms with Crippen LogP contribution in [-0.4, -0.2) is 37.4 Å². The van der Waals surface area contributed by atoms with E-state index in [4.69, 9.17) is 23.8 Å². The quantitative estimate of drug-likeness (QED) is 0.745. The molecule has 0 saturated carbocycles. The zero-order valence-electron chi connectivity index (χ0n) is 14.9. The standard InChI is InChI=1S/C20H18FNO6/c21-13-3-1-12(2-4-13)15-7-8-22-19(27-20(23)28-22)16(15)10-24-14-5-6-17-18(9-14)26-11-25-17/h1-6,9,15-16,19H,7-8,10-11H2/t15-,16-,19?/m0/s1. The summed E-state index contributed by atoms with van der Waals surface area (Å²) in [6.07, 6.45) is -0.531. The maximum absolute atomic E-state index is 13.4. The van der Waals surface area contributed by atoms with Crippen LogP contribution in [0.1, 0.15) is 17.9 Å². The second-order valence-corrected chi connectivity index (χ2v) is 6.93. The van der Waals surface area contributed by atoms with Crippen LogP contribution in [0.15, 0.2) is 42.5 Å². The number of piperidine rings is 1. The molecular formula is C20H18FNO6. The first-order chi connectivity index (χ1) is 13.7. The van der Waals surface area contributed by atoms with Gasteiger partial charge in [0, 0.05) is 12.6 Å². The van der Waals surface area contributed by atoms with E-state index in [0.29, 0.717) is 30.4 Å². The van der Waals surface area contributed by atoms with Crippen LogP contribution in [-0.2, 0) is 9.57 Å². The van der Waals surface area contributed by atoms with Crippen molar-refractivity contribution in [2.45, 2.75) is 18.6 Å². The molecule has 0 aliphatic carbocycles. The lowest BCUT2D eigenvalue weighted by atomic mass is 9.80. The van der Waals surface area contributed by atoms with Crippen molar-refractivity contribution >= 4 is 6.16 Å². The lowest BCUT2D eigenvalue weighted by Gasteiger charge is -2.37. The summed E-state index contributed by atoms with van der Waals surface area (Å²) in [7, 11) is 0. The maximum atomic E-state index is 13.4. The van der Waals surface area contributed by atoms with Gasteiger partial charge in [-0.1, -0.05) is 17.2 Å². The van der Waals surface area contributed by atoms with Gasteiger partial charge in [-0.15, -0.1) is 0 Å². The Bertz CT molecular complexity index is 889. The SMILES string of the molecule is O=C1OC2[C@@H](COc3ccc4c(c3)OCO4)[C@H](c3ccc(F)cc3)CCN2O1. The van der Waals surface area contributed by atoms with Gasteiger partial charge in [0.2, 0.25) is 6.79 Å². The fraction of sp³-hybridized carbons (Fsp3) is 0.350. The Morgan fingerprint density at radius 1 is 1.11 bits per heavy atom. The molecule has 8 heteroatoms. The number of ether oxygens (including phenoxy) is 4. The Morgan fingerprint density at radius 2 is 1.93 bits per heavy atom. The minimum Gasteiger partial charge on any atom is -0.493 e. The zero-order chi connectivity index (χ0) is 19.1. The summed E-state index contributed by atoms with van der Waals surface area (Å²) in [5.74, 6) is 1.50. The van der Waals surface area contributed by atoms with Crippen LogP contribution >= 0.6 is 0 Å². The summed E-state index contributed by atoms with van der Waals surface area (Å²) in [6.45, 7) is 1.02. The van der Waals surface area contributed by atoms with Crippen molar-refractivity contribution in [2.24, 2.45) is 5.92 Å². The predicted molar refractivity (Wildman–Crippen MR) is 93.4 cm³/mol. The van der Waals surface area contributed by atoms with Gasteiger partial charge in [0.25, 0.3) is 0 Å². The Hall–Kier alpha value is -3.00. The van der Waals surface area contributed by atoms with Crippen molar-refractivity contribution in [1.29, 1.82) is 0 Å². The lowest BCUT2D eigenvalue weighted by Crippen LogP contribution is -2.47. The van der Waals surface area contributed by atoms with Gasteiger partial charge in [-0.2, -0.15) is 0 Å². The zero-order valence-corrected chi connectivity index (χ0v) is 14.9. The number of rotatable bonds is 4. The molecule has 3 atom stereocenters. The molecule has 2 aromatic carbocycles. The summed E-state index contributed by atoms with van der Waals surface area (Å²) in [4.78, 5) is 16.8. The molecule has 3 heterocycles. The summed E-state index contributed by atoms with van der Waals surface area (Å²) in [6, 6.07) is 11.8. The third-order valence-electron chi connectivity index (χ3n) is 5.32. The van der Waals surface area contributed by atoms with E-state index in [2.05, 4.69) is 0 Å². The largest absolute Gasteiger partial charge is 0.529 e. The number of hydroxylamine groups is 2. The van der Waals surface area contributed by atoms with Crippen molar-refractivity contribution in [3.63, 3.8) is 0 Å². The molecular weight excluding hydrogens is 369 g/mol. The number of fused-ring (bicyclic) bond motifs is 2. The smallest absolute Gasteiger partial charge is 0.493 e. The first-order valence-electron chi connectivity index (χ1n) is 9.10. The first kappa shape index (κ1) is 17.1. The molecule has 0 bridgehead atoms. The number of nitrogens with zero attached hydrogens (tertiary/aromatic N) is 1. The molecule has 2 aromatic rings. The van der Waals surface area contributed by atoms with Gasteiger partial charge < -0.3 is 23.8 Å². The topological polar surface area (TPSA) is 66.5 Å². The number of carbonyl (C=O) groups is 1.